The van der Waals surface area contributed by atoms with Crippen LogP contribution >= 0.6 is 0 Å². The molecule has 1 aromatic heterocycles. The molecule has 1 spiro atoms. The Hall–Kier alpha value is -4.88. The van der Waals surface area contributed by atoms with Crippen molar-refractivity contribution in [2.75, 3.05) is 38.6 Å². The number of nitrogen functional groups attached to an aromatic ring is 1. The molecule has 6 aliphatic rings. The van der Waals surface area contributed by atoms with Crippen LogP contribution in [0, 0.1) is 22.7 Å². The van der Waals surface area contributed by atoms with Gasteiger partial charge in [0.15, 0.2) is 11.6 Å². The third kappa shape index (κ3) is 8.27. The fraction of sp³-hybridized carbons (Fsp3) is 0.619. The average Bonchev–Trinajstić information content (AvgIpc) is 3.52. The number of epoxide rings is 1. The number of hydrogen-bond acceptors (Lipinski definition) is 18. The molecule has 60 heavy (non-hydrogen) atoms. The summed E-state index contributed by atoms with van der Waals surface area (Å²) in [5.74, 6) is -1.61. The number of anilines is 1. The summed E-state index contributed by atoms with van der Waals surface area (Å²) in [4.78, 5) is 80.0. The standard InChI is InChI=1S/C42H55N9O9/c1-6-58-38(57)36(24-18-48-39(43)49-19-24)29-13-25(37(56)60-29)26(50-22(2)27(53)15-34-44-9-10-45-34)14-31-40(4)8-7-33(55)41(5,20-52)30(40)17-32(42(31)21-59-42)51-23(3)28(54)16-35-46-11-12-47-35/h9,11,13,18-19,22-23,26,30-33,50-52,55H,6-8,10,12,14-17,20-21H2,1-5H3,(H2,43,48,49)/b36-29-/t22?,23?,26?,30?,31?,32?,33-,40+,41+,42?/m1/s1. The van der Waals surface area contributed by atoms with Crippen molar-refractivity contribution in [1.82, 2.24) is 20.6 Å². The lowest BCUT2D eigenvalue weighted by Crippen LogP contribution is -2.68. The minimum Gasteiger partial charge on any atom is -0.462 e. The number of rotatable bonds is 17. The number of Topliss-reactive ketones (excluding diaryl/α,β-unsaturated/α-hetero) is 2. The van der Waals surface area contributed by atoms with Crippen LogP contribution in [0.15, 0.2) is 49.8 Å². The Bertz CT molecular complexity index is 2080. The number of ketones is 2. The number of carbonyl (C=O) groups excluding carboxylic acids is 4. The van der Waals surface area contributed by atoms with Crippen LogP contribution in [-0.4, -0.2) is 137 Å². The molecule has 2 aliphatic carbocycles. The molecule has 18 heteroatoms. The van der Waals surface area contributed by atoms with Gasteiger partial charge in [0.25, 0.3) is 0 Å². The second kappa shape index (κ2) is 17.2. The SMILES string of the molecule is CCOC(=O)/C(=C1/C=C(C(CC2C3(CO3)C(NC(C)C(=O)CC3=NCC=N3)CC3[C@]2(C)CC[C@@H](O)[C@@]3(C)CO)NC(C)C(=O)CC2=NCC=N2)C(=O)O1)c1cnc(N)nc1. The van der Waals surface area contributed by atoms with E-state index in [1.54, 1.807) is 33.2 Å². The Morgan fingerprint density at radius 3 is 2.23 bits per heavy atom. The molecule has 0 amide bonds. The topological polar surface area (TPSA) is 265 Å². The molecular formula is C42H55N9O9. The first kappa shape index (κ1) is 43.2. The van der Waals surface area contributed by atoms with Gasteiger partial charge in [-0.2, -0.15) is 0 Å². The predicted molar refractivity (Wildman–Crippen MR) is 221 cm³/mol. The normalized spacial score (nSPS) is 32.7. The number of hydrogen-bond donors (Lipinski definition) is 5. The van der Waals surface area contributed by atoms with E-state index in [0.29, 0.717) is 50.6 Å². The van der Waals surface area contributed by atoms with Gasteiger partial charge < -0.3 is 40.8 Å². The van der Waals surface area contributed by atoms with Crippen molar-refractivity contribution in [3.63, 3.8) is 0 Å². The first-order valence-electron chi connectivity index (χ1n) is 20.7. The molecule has 7 unspecified atom stereocenters. The van der Waals surface area contributed by atoms with Crippen LogP contribution in [0.5, 0.6) is 0 Å². The molecule has 10 atom stereocenters. The molecular weight excluding hydrogens is 775 g/mol. The van der Waals surface area contributed by atoms with E-state index in [0.717, 1.165) is 0 Å². The Kier molecular flexibility index (Phi) is 12.4. The van der Waals surface area contributed by atoms with Crippen molar-refractivity contribution in [2.24, 2.45) is 42.6 Å². The number of aliphatic hydroxyl groups is 2. The number of aliphatic imine (C=N–C) groups is 4. The highest BCUT2D eigenvalue weighted by Gasteiger charge is 2.71. The zero-order valence-corrected chi connectivity index (χ0v) is 34.7. The molecule has 4 aliphatic heterocycles. The summed E-state index contributed by atoms with van der Waals surface area (Å²) in [5.41, 5.74) is 3.75. The van der Waals surface area contributed by atoms with E-state index in [4.69, 9.17) is 19.9 Å². The highest BCUT2D eigenvalue weighted by molar-refractivity contribution is 6.18. The number of fused-ring (bicyclic) bond motifs is 1. The molecule has 6 N–H and O–H groups in total. The molecule has 1 aromatic rings. The van der Waals surface area contributed by atoms with Crippen LogP contribution in [0.3, 0.4) is 0 Å². The summed E-state index contributed by atoms with van der Waals surface area (Å²) < 4.78 is 17.8. The first-order chi connectivity index (χ1) is 28.6. The summed E-state index contributed by atoms with van der Waals surface area (Å²) >= 11 is 0. The summed E-state index contributed by atoms with van der Waals surface area (Å²) in [6.07, 6.45) is 8.47. The molecule has 5 heterocycles. The van der Waals surface area contributed by atoms with Gasteiger partial charge in [-0.05, 0) is 69.8 Å². The van der Waals surface area contributed by atoms with Crippen LogP contribution in [0.2, 0.25) is 0 Å². The molecule has 1 saturated heterocycles. The molecule has 0 bridgehead atoms. The fourth-order valence-corrected chi connectivity index (χ4v) is 10.1. The fourth-order valence-electron chi connectivity index (χ4n) is 10.1. The van der Waals surface area contributed by atoms with E-state index in [1.807, 2.05) is 6.92 Å². The minimum atomic E-state index is -0.909. The summed E-state index contributed by atoms with van der Waals surface area (Å²) in [6, 6.07) is -2.65. The number of esters is 2. The van der Waals surface area contributed by atoms with Crippen molar-refractivity contribution < 1.29 is 43.6 Å². The number of allylic oxidation sites excluding steroid dienone is 1. The number of ether oxygens (including phenoxy) is 3. The molecule has 322 valence electrons. The summed E-state index contributed by atoms with van der Waals surface area (Å²) in [6.45, 7) is 10.2. The number of aromatic nitrogens is 2. The van der Waals surface area contributed by atoms with Crippen molar-refractivity contribution in [2.45, 2.75) is 109 Å². The van der Waals surface area contributed by atoms with E-state index in [2.05, 4.69) is 47.5 Å². The predicted octanol–water partition coefficient (Wildman–Crippen LogP) is 1.35. The van der Waals surface area contributed by atoms with E-state index < -0.39 is 58.6 Å². The second-order valence-electron chi connectivity index (χ2n) is 17.1. The van der Waals surface area contributed by atoms with Crippen molar-refractivity contribution >= 4 is 59.1 Å². The van der Waals surface area contributed by atoms with E-state index in [9.17, 15) is 29.4 Å². The van der Waals surface area contributed by atoms with E-state index >= 15 is 0 Å². The lowest BCUT2D eigenvalue weighted by Gasteiger charge is -2.63. The number of nitrogens with one attached hydrogen (secondary N) is 2. The Labute approximate surface area is 348 Å². The van der Waals surface area contributed by atoms with Crippen LogP contribution in [-0.2, 0) is 33.4 Å². The van der Waals surface area contributed by atoms with Crippen molar-refractivity contribution in [3.8, 4) is 0 Å². The number of amidine groups is 2. The first-order valence-corrected chi connectivity index (χ1v) is 20.7. The maximum absolute atomic E-state index is 14.2. The maximum Gasteiger partial charge on any atom is 0.342 e. The average molecular weight is 830 g/mol. The van der Waals surface area contributed by atoms with E-state index in [-0.39, 0.29) is 84.3 Å². The molecule has 7 rings (SSSR count). The van der Waals surface area contributed by atoms with Gasteiger partial charge in [0.05, 0.1) is 69.5 Å². The Morgan fingerprint density at radius 1 is 1.03 bits per heavy atom. The second-order valence-corrected chi connectivity index (χ2v) is 17.1. The quantitative estimate of drug-likeness (QED) is 0.0844. The van der Waals surface area contributed by atoms with E-state index in [1.165, 1.54) is 18.5 Å². The molecule has 3 fully saturated rings. The zero-order chi connectivity index (χ0) is 43.0. The molecule has 2 saturated carbocycles. The number of carbonyl (C=O) groups is 4. The minimum absolute atomic E-state index is 0.0178. The van der Waals surface area contributed by atoms with Crippen LogP contribution < -0.4 is 16.4 Å². The highest BCUT2D eigenvalue weighted by atomic mass is 16.6. The number of aliphatic hydroxyl groups excluding tert-OH is 2. The van der Waals surface area contributed by atoms with Gasteiger partial charge in [-0.25, -0.2) is 29.5 Å². The Morgan fingerprint density at radius 2 is 1.67 bits per heavy atom. The summed E-state index contributed by atoms with van der Waals surface area (Å²) in [5, 5.41) is 29.5. The van der Waals surface area contributed by atoms with Gasteiger partial charge in [-0.15, -0.1) is 0 Å². The largest absolute Gasteiger partial charge is 0.462 e. The van der Waals surface area contributed by atoms with Gasteiger partial charge >= 0.3 is 11.9 Å². The molecule has 18 nitrogen and oxygen atoms in total. The zero-order valence-electron chi connectivity index (χ0n) is 34.7. The lowest BCUT2D eigenvalue weighted by molar-refractivity contribution is -0.185. The van der Waals surface area contributed by atoms with Gasteiger partial charge in [0.1, 0.15) is 28.6 Å². The Balaban J connectivity index is 1.30. The highest BCUT2D eigenvalue weighted by Crippen LogP contribution is 2.66. The van der Waals surface area contributed by atoms with Crippen LogP contribution in [0.1, 0.15) is 78.7 Å². The lowest BCUT2D eigenvalue weighted by atomic mass is 9.43. The third-order valence-electron chi connectivity index (χ3n) is 13.6. The van der Waals surface area contributed by atoms with Crippen LogP contribution in [0.25, 0.3) is 5.57 Å². The number of nitrogens with two attached hydrogens (primary N) is 1. The maximum atomic E-state index is 14.2. The van der Waals surface area contributed by atoms with Crippen LogP contribution in [0.4, 0.5) is 5.95 Å². The third-order valence-corrected chi connectivity index (χ3v) is 13.6. The number of nitrogens with zero attached hydrogens (tertiary/aromatic N) is 6. The van der Waals surface area contributed by atoms with Crippen molar-refractivity contribution in [1.29, 1.82) is 0 Å². The van der Waals surface area contributed by atoms with Gasteiger partial charge in [0.2, 0.25) is 5.95 Å². The van der Waals surface area contributed by atoms with Crippen molar-refractivity contribution in [3.05, 3.63) is 35.4 Å². The summed E-state index contributed by atoms with van der Waals surface area (Å²) in [7, 11) is 0. The molecule has 0 aromatic carbocycles. The number of cyclic esters (lactones) is 1. The smallest absolute Gasteiger partial charge is 0.342 e. The van der Waals surface area contributed by atoms with Gasteiger partial charge in [-0.1, -0.05) is 13.8 Å². The van der Waals surface area contributed by atoms with Gasteiger partial charge in [0, 0.05) is 47.9 Å². The molecule has 0 radical (unpaired) electrons. The van der Waals surface area contributed by atoms with Gasteiger partial charge in [-0.3, -0.25) is 19.6 Å². The monoisotopic (exact) mass is 829 g/mol.